The van der Waals surface area contributed by atoms with Crippen LogP contribution in [0.25, 0.3) is 0 Å². The normalized spacial score (nSPS) is 19.1. The third-order valence-electron chi connectivity index (χ3n) is 5.01. The van der Waals surface area contributed by atoms with E-state index in [4.69, 9.17) is 0 Å². The molecule has 1 saturated carbocycles. The van der Waals surface area contributed by atoms with Gasteiger partial charge in [-0.15, -0.1) is 10.2 Å². The molecule has 1 aromatic heterocycles. The van der Waals surface area contributed by atoms with Crippen molar-refractivity contribution in [2.75, 3.05) is 0 Å². The van der Waals surface area contributed by atoms with E-state index in [0.29, 0.717) is 6.04 Å². The van der Waals surface area contributed by atoms with Gasteiger partial charge in [0, 0.05) is 19.0 Å². The summed E-state index contributed by atoms with van der Waals surface area (Å²) in [6.07, 6.45) is 5.50. The van der Waals surface area contributed by atoms with Gasteiger partial charge >= 0.3 is 0 Å². The smallest absolute Gasteiger partial charge is 0.241 e. The molecule has 25 heavy (non-hydrogen) atoms. The quantitative estimate of drug-likeness (QED) is 0.847. The van der Waals surface area contributed by atoms with Crippen LogP contribution in [0, 0.1) is 0 Å². The van der Waals surface area contributed by atoms with Crippen LogP contribution in [0.5, 0.6) is 0 Å². The maximum Gasteiger partial charge on any atom is 0.241 e. The van der Waals surface area contributed by atoms with Gasteiger partial charge in [-0.1, -0.05) is 30.3 Å². The van der Waals surface area contributed by atoms with Gasteiger partial charge in [-0.3, -0.25) is 10.1 Å². The molecule has 0 unspecified atom stereocenters. The highest BCUT2D eigenvalue weighted by Gasteiger charge is 2.30. The third-order valence-corrected chi connectivity index (χ3v) is 5.01. The summed E-state index contributed by atoms with van der Waals surface area (Å²) in [6, 6.07) is 9.82. The van der Waals surface area contributed by atoms with Crippen LogP contribution < -0.4 is 10.6 Å². The first kappa shape index (κ1) is 16.3. The SMILES string of the molecule is C[C@H](N[C@@H](C(=O)NC1CC1)c1ccccc1)c1nnc2n1CCCC2. The van der Waals surface area contributed by atoms with Gasteiger partial charge in [0.25, 0.3) is 0 Å². The molecule has 6 heteroatoms. The van der Waals surface area contributed by atoms with Crippen LogP contribution in [0.4, 0.5) is 0 Å². The monoisotopic (exact) mass is 339 g/mol. The summed E-state index contributed by atoms with van der Waals surface area (Å²) in [5, 5.41) is 15.3. The van der Waals surface area contributed by atoms with Crippen LogP contribution in [0.3, 0.4) is 0 Å². The van der Waals surface area contributed by atoms with E-state index in [1.807, 2.05) is 30.3 Å². The van der Waals surface area contributed by atoms with E-state index in [1.54, 1.807) is 0 Å². The predicted octanol–water partition coefficient (Wildman–Crippen LogP) is 2.28. The molecule has 0 radical (unpaired) electrons. The van der Waals surface area contributed by atoms with E-state index < -0.39 is 0 Å². The van der Waals surface area contributed by atoms with Crippen molar-refractivity contribution in [2.45, 2.75) is 63.7 Å². The zero-order chi connectivity index (χ0) is 17.2. The van der Waals surface area contributed by atoms with Gasteiger partial charge in [-0.2, -0.15) is 0 Å². The lowest BCUT2D eigenvalue weighted by Gasteiger charge is -2.24. The summed E-state index contributed by atoms with van der Waals surface area (Å²) < 4.78 is 2.21. The lowest BCUT2D eigenvalue weighted by atomic mass is 10.0. The lowest BCUT2D eigenvalue weighted by molar-refractivity contribution is -0.123. The van der Waals surface area contributed by atoms with Crippen LogP contribution in [-0.4, -0.2) is 26.7 Å². The number of benzene rings is 1. The number of aryl methyl sites for hydroxylation is 1. The first-order valence-electron chi connectivity index (χ1n) is 9.25. The third kappa shape index (κ3) is 3.58. The number of nitrogens with one attached hydrogen (secondary N) is 2. The highest BCUT2D eigenvalue weighted by molar-refractivity contribution is 5.83. The van der Waals surface area contributed by atoms with Gasteiger partial charge in [-0.05, 0) is 38.2 Å². The van der Waals surface area contributed by atoms with E-state index in [-0.39, 0.29) is 18.0 Å². The average Bonchev–Trinajstić information content (AvgIpc) is 3.35. The molecule has 2 heterocycles. The largest absolute Gasteiger partial charge is 0.352 e. The van der Waals surface area contributed by atoms with Crippen LogP contribution in [0.2, 0.25) is 0 Å². The maximum atomic E-state index is 12.8. The van der Waals surface area contributed by atoms with Gasteiger partial charge in [0.05, 0.1) is 6.04 Å². The summed E-state index contributed by atoms with van der Waals surface area (Å²) in [6.45, 7) is 3.03. The van der Waals surface area contributed by atoms with Crippen molar-refractivity contribution in [3.05, 3.63) is 47.5 Å². The number of aromatic nitrogens is 3. The first-order chi connectivity index (χ1) is 12.2. The molecule has 2 atom stereocenters. The van der Waals surface area contributed by atoms with Crippen LogP contribution in [-0.2, 0) is 17.8 Å². The molecule has 1 amide bonds. The number of fused-ring (bicyclic) bond motifs is 1. The molecule has 0 saturated heterocycles. The van der Waals surface area contributed by atoms with Gasteiger partial charge < -0.3 is 9.88 Å². The fourth-order valence-corrected chi connectivity index (χ4v) is 3.46. The zero-order valence-corrected chi connectivity index (χ0v) is 14.6. The van der Waals surface area contributed by atoms with E-state index >= 15 is 0 Å². The molecule has 1 fully saturated rings. The Bertz CT molecular complexity index is 738. The Morgan fingerprint density at radius 3 is 2.76 bits per heavy atom. The number of hydrogen-bond donors (Lipinski definition) is 2. The Kier molecular flexibility index (Phi) is 4.53. The minimum Gasteiger partial charge on any atom is -0.352 e. The van der Waals surface area contributed by atoms with Gasteiger partial charge in [0.1, 0.15) is 17.7 Å². The number of carbonyl (C=O) groups is 1. The van der Waals surface area contributed by atoms with E-state index in [0.717, 1.165) is 49.4 Å². The molecule has 1 aromatic carbocycles. The summed E-state index contributed by atoms with van der Waals surface area (Å²) in [7, 11) is 0. The molecule has 2 aliphatic rings. The number of rotatable bonds is 6. The minimum atomic E-state index is -0.381. The average molecular weight is 339 g/mol. The molecule has 0 bridgehead atoms. The van der Waals surface area contributed by atoms with Crippen molar-refractivity contribution >= 4 is 5.91 Å². The second kappa shape index (κ2) is 6.96. The van der Waals surface area contributed by atoms with E-state index in [1.165, 1.54) is 6.42 Å². The molecule has 4 rings (SSSR count). The Morgan fingerprint density at radius 2 is 2.00 bits per heavy atom. The number of hydrogen-bond acceptors (Lipinski definition) is 4. The topological polar surface area (TPSA) is 71.8 Å². The van der Waals surface area contributed by atoms with Crippen molar-refractivity contribution < 1.29 is 4.79 Å². The van der Waals surface area contributed by atoms with Crippen molar-refractivity contribution in [2.24, 2.45) is 0 Å². The maximum absolute atomic E-state index is 12.8. The van der Waals surface area contributed by atoms with Gasteiger partial charge in [0.15, 0.2) is 0 Å². The predicted molar refractivity (Wildman–Crippen MR) is 94.9 cm³/mol. The van der Waals surface area contributed by atoms with Gasteiger partial charge in [0.2, 0.25) is 5.91 Å². The molecule has 1 aliphatic heterocycles. The number of amides is 1. The van der Waals surface area contributed by atoms with Gasteiger partial charge in [-0.25, -0.2) is 0 Å². The van der Waals surface area contributed by atoms with Crippen molar-refractivity contribution in [1.29, 1.82) is 0 Å². The lowest BCUT2D eigenvalue weighted by Crippen LogP contribution is -2.40. The van der Waals surface area contributed by atoms with Crippen LogP contribution in [0.1, 0.15) is 61.9 Å². The summed E-state index contributed by atoms with van der Waals surface area (Å²) in [5.74, 6) is 2.03. The highest BCUT2D eigenvalue weighted by Crippen LogP contribution is 2.24. The Hall–Kier alpha value is -2.21. The molecule has 132 valence electrons. The minimum absolute atomic E-state index is 0.0407. The molecule has 0 spiro atoms. The molecular weight excluding hydrogens is 314 g/mol. The van der Waals surface area contributed by atoms with Crippen LogP contribution in [0.15, 0.2) is 30.3 Å². The fraction of sp³-hybridized carbons (Fsp3) is 0.526. The molecule has 2 aromatic rings. The van der Waals surface area contributed by atoms with Crippen molar-refractivity contribution in [1.82, 2.24) is 25.4 Å². The fourth-order valence-electron chi connectivity index (χ4n) is 3.46. The second-order valence-corrected chi connectivity index (χ2v) is 7.10. The molecular formula is C19H25N5O. The van der Waals surface area contributed by atoms with E-state index in [9.17, 15) is 4.79 Å². The highest BCUT2D eigenvalue weighted by atomic mass is 16.2. The number of nitrogens with zero attached hydrogens (tertiary/aromatic N) is 3. The summed E-state index contributed by atoms with van der Waals surface area (Å²) >= 11 is 0. The Labute approximate surface area is 148 Å². The summed E-state index contributed by atoms with van der Waals surface area (Å²) in [4.78, 5) is 12.8. The zero-order valence-electron chi connectivity index (χ0n) is 14.6. The van der Waals surface area contributed by atoms with E-state index in [2.05, 4.69) is 32.3 Å². The molecule has 1 aliphatic carbocycles. The number of carbonyl (C=O) groups excluding carboxylic acids is 1. The summed E-state index contributed by atoms with van der Waals surface area (Å²) in [5.41, 5.74) is 0.978. The molecule has 2 N–H and O–H groups in total. The van der Waals surface area contributed by atoms with Crippen molar-refractivity contribution in [3.8, 4) is 0 Å². The Morgan fingerprint density at radius 1 is 1.20 bits per heavy atom. The first-order valence-corrected chi connectivity index (χ1v) is 9.25. The second-order valence-electron chi connectivity index (χ2n) is 7.10. The van der Waals surface area contributed by atoms with Crippen LogP contribution >= 0.6 is 0 Å². The Balaban J connectivity index is 1.55. The standard InChI is InChI=1S/C19H25N5O/c1-13(18-23-22-16-9-5-6-12-24(16)18)20-17(14-7-3-2-4-8-14)19(25)21-15-10-11-15/h2-4,7-8,13,15,17,20H,5-6,9-12H2,1H3,(H,21,25)/t13-,17+/m0/s1. The van der Waals surface area contributed by atoms with Crippen molar-refractivity contribution in [3.63, 3.8) is 0 Å². The molecule has 6 nitrogen and oxygen atoms in total.